The van der Waals surface area contributed by atoms with Gasteiger partial charge >= 0.3 is 6.03 Å². The molecule has 1 aromatic heterocycles. The normalized spacial score (nSPS) is 14.1. The quantitative estimate of drug-likeness (QED) is 0.515. The molecule has 0 aliphatic carbocycles. The lowest BCUT2D eigenvalue weighted by atomic mass is 10.0. The van der Waals surface area contributed by atoms with Crippen molar-refractivity contribution in [2.45, 2.75) is 31.7 Å². The van der Waals surface area contributed by atoms with Gasteiger partial charge < -0.3 is 19.9 Å². The number of halogens is 1. The number of nitrogens with one attached hydrogen (secondary N) is 2. The van der Waals surface area contributed by atoms with E-state index in [4.69, 9.17) is 4.74 Å². The van der Waals surface area contributed by atoms with Crippen LogP contribution in [0.3, 0.4) is 0 Å². The Hall–Kier alpha value is -3.55. The van der Waals surface area contributed by atoms with Crippen LogP contribution in [0, 0.1) is 5.82 Å². The number of ether oxygens (including phenoxy) is 1. The van der Waals surface area contributed by atoms with Crippen LogP contribution in [0.15, 0.2) is 54.6 Å². The molecule has 0 bridgehead atoms. The number of nitrogens with zero attached hydrogens (tertiary/aromatic N) is 3. The topological polar surface area (TPSA) is 73.5 Å². The van der Waals surface area contributed by atoms with Gasteiger partial charge in [0.1, 0.15) is 11.6 Å². The van der Waals surface area contributed by atoms with Crippen LogP contribution >= 0.6 is 0 Å². The third kappa shape index (κ3) is 6.07. The van der Waals surface area contributed by atoms with E-state index in [1.165, 1.54) is 17.8 Å². The average Bonchev–Trinajstić information content (AvgIpc) is 3.33. The van der Waals surface area contributed by atoms with Gasteiger partial charge in [-0.1, -0.05) is 12.1 Å². The highest BCUT2D eigenvalue weighted by atomic mass is 19.1. The van der Waals surface area contributed by atoms with Crippen LogP contribution in [0.2, 0.25) is 0 Å². The van der Waals surface area contributed by atoms with Gasteiger partial charge in [-0.15, -0.1) is 0 Å². The summed E-state index contributed by atoms with van der Waals surface area (Å²) >= 11 is 0. The Morgan fingerprint density at radius 2 is 1.97 bits per heavy atom. The second-order valence-corrected chi connectivity index (χ2v) is 8.72. The third-order valence-electron chi connectivity index (χ3n) is 6.30. The minimum atomic E-state index is -0.277. The summed E-state index contributed by atoms with van der Waals surface area (Å²) in [6.07, 6.45) is 3.41. The number of aromatic amines is 1. The molecule has 4 rings (SSSR count). The molecular formula is C26H32FN5O2. The van der Waals surface area contributed by atoms with Crippen molar-refractivity contribution in [3.05, 3.63) is 66.1 Å². The van der Waals surface area contributed by atoms with Crippen molar-refractivity contribution in [1.29, 1.82) is 0 Å². The first-order valence-electron chi connectivity index (χ1n) is 11.7. The van der Waals surface area contributed by atoms with Crippen LogP contribution in [-0.4, -0.2) is 61.0 Å². The Morgan fingerprint density at radius 3 is 2.68 bits per heavy atom. The number of amides is 2. The molecule has 1 fully saturated rings. The first-order chi connectivity index (χ1) is 16.5. The summed E-state index contributed by atoms with van der Waals surface area (Å²) in [5, 5.41) is 10.5. The molecule has 2 N–H and O–H groups in total. The van der Waals surface area contributed by atoms with Crippen LogP contribution in [0.4, 0.5) is 14.9 Å². The summed E-state index contributed by atoms with van der Waals surface area (Å²) in [6.45, 7) is 2.47. The highest BCUT2D eigenvalue weighted by molar-refractivity contribution is 5.74. The van der Waals surface area contributed by atoms with E-state index in [1.807, 2.05) is 31.3 Å². The summed E-state index contributed by atoms with van der Waals surface area (Å²) in [7, 11) is 3.50. The molecule has 1 aliphatic rings. The van der Waals surface area contributed by atoms with Crippen molar-refractivity contribution in [2.75, 3.05) is 38.7 Å². The van der Waals surface area contributed by atoms with Gasteiger partial charge in [0.15, 0.2) is 0 Å². The number of hydrogen-bond donors (Lipinski definition) is 2. The lowest BCUT2D eigenvalue weighted by Crippen LogP contribution is -2.48. The molecular weight excluding hydrogens is 433 g/mol. The van der Waals surface area contributed by atoms with Gasteiger partial charge in [0.05, 0.1) is 12.8 Å². The molecule has 8 heteroatoms. The number of urea groups is 1. The lowest BCUT2D eigenvalue weighted by Gasteiger charge is -2.34. The minimum absolute atomic E-state index is 0.0343. The Morgan fingerprint density at radius 1 is 1.21 bits per heavy atom. The van der Waals surface area contributed by atoms with Crippen LogP contribution < -0.4 is 15.0 Å². The van der Waals surface area contributed by atoms with Crippen molar-refractivity contribution in [3.63, 3.8) is 0 Å². The number of aryl methyl sites for hydroxylation is 1. The molecule has 0 saturated carbocycles. The maximum atomic E-state index is 13.4. The summed E-state index contributed by atoms with van der Waals surface area (Å²) < 4.78 is 18.7. The smallest absolute Gasteiger partial charge is 0.317 e. The Kier molecular flexibility index (Phi) is 7.67. The predicted octanol–water partition coefficient (Wildman–Crippen LogP) is 4.47. The Labute approximate surface area is 199 Å². The van der Waals surface area contributed by atoms with Crippen molar-refractivity contribution >= 4 is 11.7 Å². The van der Waals surface area contributed by atoms with Gasteiger partial charge in [0, 0.05) is 49.7 Å². The maximum absolute atomic E-state index is 13.4. The molecule has 0 atom stereocenters. The predicted molar refractivity (Wildman–Crippen MR) is 132 cm³/mol. The number of methoxy groups -OCH3 is 1. The molecule has 0 radical (unpaired) electrons. The van der Waals surface area contributed by atoms with Gasteiger partial charge in [-0.3, -0.25) is 5.10 Å². The molecule has 0 unspecified atom stereocenters. The highest BCUT2D eigenvalue weighted by Crippen LogP contribution is 2.23. The van der Waals surface area contributed by atoms with E-state index >= 15 is 0 Å². The van der Waals surface area contributed by atoms with Gasteiger partial charge in [0.2, 0.25) is 0 Å². The van der Waals surface area contributed by atoms with E-state index in [-0.39, 0.29) is 17.9 Å². The first-order valence-corrected chi connectivity index (χ1v) is 11.7. The van der Waals surface area contributed by atoms with Gasteiger partial charge in [-0.25, -0.2) is 9.18 Å². The van der Waals surface area contributed by atoms with Gasteiger partial charge in [-0.2, -0.15) is 5.10 Å². The number of aromatic nitrogens is 2. The molecule has 0 spiro atoms. The SMILES string of the molecule is COc1ccc(N2CCC(NC(=O)N(C)CCCc3cc(-c4cccc(F)c4)n[nH]3)CC2)cc1. The first kappa shape index (κ1) is 23.6. The Bertz CT molecular complexity index is 1080. The van der Waals surface area contributed by atoms with Gasteiger partial charge in [0.25, 0.3) is 0 Å². The van der Waals surface area contributed by atoms with E-state index in [9.17, 15) is 9.18 Å². The summed E-state index contributed by atoms with van der Waals surface area (Å²) in [4.78, 5) is 16.7. The molecule has 34 heavy (non-hydrogen) atoms. The van der Waals surface area contributed by atoms with E-state index in [2.05, 4.69) is 32.5 Å². The van der Waals surface area contributed by atoms with E-state index in [0.717, 1.165) is 61.5 Å². The molecule has 7 nitrogen and oxygen atoms in total. The number of anilines is 1. The number of H-pyrrole nitrogens is 1. The number of rotatable bonds is 8. The van der Waals surface area contributed by atoms with Crippen LogP contribution in [-0.2, 0) is 6.42 Å². The van der Waals surface area contributed by atoms with Crippen molar-refractivity contribution in [3.8, 4) is 17.0 Å². The van der Waals surface area contributed by atoms with Crippen molar-refractivity contribution in [2.24, 2.45) is 0 Å². The fraction of sp³-hybridized carbons (Fsp3) is 0.385. The summed E-state index contributed by atoms with van der Waals surface area (Å²) in [6, 6.07) is 16.6. The average molecular weight is 466 g/mol. The largest absolute Gasteiger partial charge is 0.497 e. The third-order valence-corrected chi connectivity index (χ3v) is 6.30. The zero-order chi connectivity index (χ0) is 23.9. The number of hydrogen-bond acceptors (Lipinski definition) is 4. The molecule has 180 valence electrons. The summed E-state index contributed by atoms with van der Waals surface area (Å²) in [5.74, 6) is 0.578. The maximum Gasteiger partial charge on any atom is 0.317 e. The van der Waals surface area contributed by atoms with Crippen LogP contribution in [0.25, 0.3) is 11.3 Å². The fourth-order valence-electron chi connectivity index (χ4n) is 4.25. The zero-order valence-corrected chi connectivity index (χ0v) is 19.8. The molecule has 2 heterocycles. The van der Waals surface area contributed by atoms with Crippen LogP contribution in [0.1, 0.15) is 25.0 Å². The number of piperidine rings is 1. The zero-order valence-electron chi connectivity index (χ0n) is 19.8. The monoisotopic (exact) mass is 465 g/mol. The lowest BCUT2D eigenvalue weighted by molar-refractivity contribution is 0.201. The van der Waals surface area contributed by atoms with E-state index < -0.39 is 0 Å². The van der Waals surface area contributed by atoms with E-state index in [0.29, 0.717) is 6.54 Å². The molecule has 1 aliphatic heterocycles. The molecule has 3 aromatic rings. The number of carbonyl (C=O) groups is 1. The van der Waals surface area contributed by atoms with E-state index in [1.54, 1.807) is 18.1 Å². The molecule has 1 saturated heterocycles. The molecule has 2 aromatic carbocycles. The van der Waals surface area contributed by atoms with Gasteiger partial charge in [-0.05, 0) is 68.1 Å². The van der Waals surface area contributed by atoms with Crippen LogP contribution in [0.5, 0.6) is 5.75 Å². The molecule has 2 amide bonds. The van der Waals surface area contributed by atoms with Crippen molar-refractivity contribution in [1.82, 2.24) is 20.4 Å². The number of benzene rings is 2. The minimum Gasteiger partial charge on any atom is -0.497 e. The second-order valence-electron chi connectivity index (χ2n) is 8.72. The number of carbonyl (C=O) groups excluding carboxylic acids is 1. The van der Waals surface area contributed by atoms with Crippen molar-refractivity contribution < 1.29 is 13.9 Å². The second kappa shape index (κ2) is 11.0. The highest BCUT2D eigenvalue weighted by Gasteiger charge is 2.22. The fourth-order valence-corrected chi connectivity index (χ4v) is 4.25. The standard InChI is InChI=1S/C26H32FN5O2/c1-31(14-4-7-22-18-25(30-29-22)19-5-3-6-20(27)17-19)26(33)28-21-12-15-32(16-13-21)23-8-10-24(34-2)11-9-23/h3,5-6,8-11,17-18,21H,4,7,12-16H2,1-2H3,(H,28,33)(H,29,30). The summed E-state index contributed by atoms with van der Waals surface area (Å²) in [5.41, 5.74) is 3.62. The Balaban J connectivity index is 1.17.